The van der Waals surface area contributed by atoms with Gasteiger partial charge in [0.1, 0.15) is 12.4 Å². The minimum absolute atomic E-state index is 0.147. The second kappa shape index (κ2) is 6.74. The Morgan fingerprint density at radius 2 is 2.08 bits per heavy atom. The number of hydrogen-bond donors (Lipinski definition) is 1. The lowest BCUT2D eigenvalue weighted by atomic mass is 10.1. The van der Waals surface area contributed by atoms with E-state index in [0.29, 0.717) is 6.61 Å². The number of nitrogens with one attached hydrogen (secondary N) is 1. The Morgan fingerprint density at radius 3 is 2.92 bits per heavy atom. The topological polar surface area (TPSA) is 93.8 Å². The Labute approximate surface area is 137 Å². The van der Waals surface area contributed by atoms with Crippen LogP contribution >= 0.6 is 0 Å². The molecule has 1 N–H and O–H groups in total. The number of fused-ring (bicyclic) bond motifs is 1. The number of non-ortho nitro benzene ring substituents is 1. The summed E-state index contributed by atoms with van der Waals surface area (Å²) in [6.45, 7) is 0.354. The van der Waals surface area contributed by atoms with E-state index >= 15 is 0 Å². The van der Waals surface area contributed by atoms with Crippen molar-refractivity contribution in [1.82, 2.24) is 5.43 Å². The highest BCUT2D eigenvalue weighted by Gasteiger charge is 2.11. The number of ether oxygens (including phenoxy) is 1. The molecule has 1 aliphatic heterocycles. The van der Waals surface area contributed by atoms with E-state index in [9.17, 15) is 14.9 Å². The first kappa shape index (κ1) is 15.4. The fourth-order valence-corrected chi connectivity index (χ4v) is 2.21. The van der Waals surface area contributed by atoms with Crippen molar-refractivity contribution in [3.63, 3.8) is 0 Å². The van der Waals surface area contributed by atoms with Gasteiger partial charge in [-0.2, -0.15) is 5.10 Å². The molecule has 0 unspecified atom stereocenters. The van der Waals surface area contributed by atoms with Crippen LogP contribution in [0.4, 0.5) is 5.69 Å². The average Bonchev–Trinajstić information content (AvgIpc) is 2.61. The van der Waals surface area contributed by atoms with Gasteiger partial charge in [0, 0.05) is 28.8 Å². The molecule has 0 aliphatic carbocycles. The maximum absolute atomic E-state index is 12.0. The van der Waals surface area contributed by atoms with Crippen molar-refractivity contribution in [2.24, 2.45) is 5.10 Å². The van der Waals surface area contributed by atoms with Gasteiger partial charge in [-0.3, -0.25) is 14.9 Å². The molecule has 7 heteroatoms. The molecule has 0 spiro atoms. The molecule has 0 atom stereocenters. The normalized spacial score (nSPS) is 12.9. The molecule has 3 rings (SSSR count). The first-order valence-corrected chi connectivity index (χ1v) is 7.14. The van der Waals surface area contributed by atoms with Crippen LogP contribution in [-0.2, 0) is 0 Å². The standard InChI is InChI=1S/C17H13N3O4/c21-17(14-5-3-6-15(9-14)20(22)23)19-18-10-12-8-13-4-1-2-7-16(13)24-11-12/h1-10H,11H2,(H,19,21). The van der Waals surface area contributed by atoms with Crippen molar-refractivity contribution in [3.05, 3.63) is 75.3 Å². The van der Waals surface area contributed by atoms with Crippen LogP contribution in [0.1, 0.15) is 15.9 Å². The number of para-hydroxylation sites is 1. The van der Waals surface area contributed by atoms with Gasteiger partial charge in [0.05, 0.1) is 11.1 Å². The molecule has 7 nitrogen and oxygen atoms in total. The summed E-state index contributed by atoms with van der Waals surface area (Å²) in [5.74, 6) is 0.281. The number of rotatable bonds is 4. The fourth-order valence-electron chi connectivity index (χ4n) is 2.21. The highest BCUT2D eigenvalue weighted by Crippen LogP contribution is 2.24. The van der Waals surface area contributed by atoms with Gasteiger partial charge in [0.2, 0.25) is 0 Å². The van der Waals surface area contributed by atoms with Gasteiger partial charge < -0.3 is 4.74 Å². The fraction of sp³-hybridized carbons (Fsp3) is 0.0588. The molecule has 0 saturated carbocycles. The number of carbonyl (C=O) groups excluding carboxylic acids is 1. The van der Waals surface area contributed by atoms with Crippen LogP contribution in [0.3, 0.4) is 0 Å². The Hall–Kier alpha value is -3.48. The van der Waals surface area contributed by atoms with E-state index in [-0.39, 0.29) is 11.3 Å². The molecule has 0 aromatic heterocycles. The summed E-state index contributed by atoms with van der Waals surface area (Å²) in [4.78, 5) is 22.1. The van der Waals surface area contributed by atoms with Crippen LogP contribution in [-0.4, -0.2) is 23.7 Å². The predicted octanol–water partition coefficient (Wildman–Crippen LogP) is 2.79. The molecule has 24 heavy (non-hydrogen) atoms. The van der Waals surface area contributed by atoms with Crippen molar-refractivity contribution in [2.45, 2.75) is 0 Å². The maximum atomic E-state index is 12.0. The molecule has 0 saturated heterocycles. The number of nitrogens with zero attached hydrogens (tertiary/aromatic N) is 2. The molecular weight excluding hydrogens is 310 g/mol. The van der Waals surface area contributed by atoms with E-state index in [4.69, 9.17) is 4.74 Å². The van der Waals surface area contributed by atoms with E-state index in [1.54, 1.807) is 0 Å². The SMILES string of the molecule is O=C(NN=CC1=Cc2ccccc2OC1)c1cccc([N+](=O)[O-])c1. The quantitative estimate of drug-likeness (QED) is 0.532. The van der Waals surface area contributed by atoms with Crippen molar-refractivity contribution in [2.75, 3.05) is 6.61 Å². The molecule has 2 aromatic carbocycles. The molecule has 1 amide bonds. The Bertz CT molecular complexity index is 858. The number of nitro benzene ring substituents is 1. The number of benzene rings is 2. The van der Waals surface area contributed by atoms with Gasteiger partial charge in [-0.05, 0) is 18.2 Å². The summed E-state index contributed by atoms with van der Waals surface area (Å²) in [7, 11) is 0. The van der Waals surface area contributed by atoms with E-state index in [2.05, 4.69) is 10.5 Å². The lowest BCUT2D eigenvalue weighted by molar-refractivity contribution is -0.384. The molecule has 120 valence electrons. The summed E-state index contributed by atoms with van der Waals surface area (Å²) in [6, 6.07) is 13.1. The molecule has 0 radical (unpaired) electrons. The predicted molar refractivity (Wildman–Crippen MR) is 89.0 cm³/mol. The van der Waals surface area contributed by atoms with E-state index in [1.807, 2.05) is 30.3 Å². The zero-order valence-corrected chi connectivity index (χ0v) is 12.5. The van der Waals surface area contributed by atoms with Crippen LogP contribution in [0.15, 0.2) is 59.2 Å². The number of hydrogen-bond acceptors (Lipinski definition) is 5. The lowest BCUT2D eigenvalue weighted by Crippen LogP contribution is -2.18. The zero-order chi connectivity index (χ0) is 16.9. The van der Waals surface area contributed by atoms with Crippen LogP contribution in [0.5, 0.6) is 5.75 Å². The smallest absolute Gasteiger partial charge is 0.271 e. The minimum Gasteiger partial charge on any atom is -0.488 e. The monoisotopic (exact) mass is 323 g/mol. The Balaban J connectivity index is 1.67. The number of nitro groups is 1. The second-order valence-electron chi connectivity index (χ2n) is 5.05. The van der Waals surface area contributed by atoms with Crippen molar-refractivity contribution in [1.29, 1.82) is 0 Å². The summed E-state index contributed by atoms with van der Waals surface area (Å²) in [5.41, 5.74) is 4.11. The van der Waals surface area contributed by atoms with Crippen molar-refractivity contribution in [3.8, 4) is 5.75 Å². The summed E-state index contributed by atoms with van der Waals surface area (Å²) < 4.78 is 5.57. The molecule has 0 fully saturated rings. The minimum atomic E-state index is -0.554. The molecule has 1 aliphatic rings. The summed E-state index contributed by atoms with van der Waals surface area (Å²) in [5, 5.41) is 14.6. The van der Waals surface area contributed by atoms with Gasteiger partial charge in [-0.25, -0.2) is 5.43 Å². The first-order chi connectivity index (χ1) is 11.6. The molecule has 1 heterocycles. The van der Waals surface area contributed by atoms with Crippen molar-refractivity contribution < 1.29 is 14.5 Å². The van der Waals surface area contributed by atoms with E-state index < -0.39 is 10.8 Å². The van der Waals surface area contributed by atoms with E-state index in [0.717, 1.165) is 16.9 Å². The Morgan fingerprint density at radius 1 is 1.25 bits per heavy atom. The molecule has 2 aromatic rings. The molecular formula is C17H13N3O4. The van der Waals surface area contributed by atoms with Gasteiger partial charge >= 0.3 is 0 Å². The number of amides is 1. The zero-order valence-electron chi connectivity index (χ0n) is 12.5. The summed E-state index contributed by atoms with van der Waals surface area (Å²) in [6.07, 6.45) is 3.41. The third kappa shape index (κ3) is 3.46. The largest absolute Gasteiger partial charge is 0.488 e. The maximum Gasteiger partial charge on any atom is 0.271 e. The number of carbonyl (C=O) groups is 1. The van der Waals surface area contributed by atoms with Gasteiger partial charge in [-0.1, -0.05) is 24.3 Å². The van der Waals surface area contributed by atoms with Crippen LogP contribution in [0.25, 0.3) is 6.08 Å². The van der Waals surface area contributed by atoms with Crippen LogP contribution < -0.4 is 10.2 Å². The second-order valence-corrected chi connectivity index (χ2v) is 5.05. The van der Waals surface area contributed by atoms with Crippen LogP contribution in [0, 0.1) is 10.1 Å². The van der Waals surface area contributed by atoms with E-state index in [1.165, 1.54) is 30.5 Å². The molecule has 0 bridgehead atoms. The van der Waals surface area contributed by atoms with Gasteiger partial charge in [0.15, 0.2) is 0 Å². The lowest BCUT2D eigenvalue weighted by Gasteiger charge is -2.15. The van der Waals surface area contributed by atoms with Gasteiger partial charge in [0.25, 0.3) is 11.6 Å². The number of hydrazone groups is 1. The highest BCUT2D eigenvalue weighted by molar-refractivity contribution is 5.96. The van der Waals surface area contributed by atoms with Gasteiger partial charge in [-0.15, -0.1) is 0 Å². The average molecular weight is 323 g/mol. The Kier molecular flexibility index (Phi) is 4.33. The summed E-state index contributed by atoms with van der Waals surface area (Å²) >= 11 is 0. The highest BCUT2D eigenvalue weighted by atomic mass is 16.6. The third-order valence-corrected chi connectivity index (χ3v) is 3.37. The third-order valence-electron chi connectivity index (χ3n) is 3.37. The van der Waals surface area contributed by atoms with Crippen molar-refractivity contribution >= 4 is 23.9 Å². The first-order valence-electron chi connectivity index (χ1n) is 7.14. The van der Waals surface area contributed by atoms with Crippen LogP contribution in [0.2, 0.25) is 0 Å².